The smallest absolute Gasteiger partial charge is 0.325 e. The zero-order chi connectivity index (χ0) is 9.56. The van der Waals surface area contributed by atoms with Gasteiger partial charge in [-0.3, -0.25) is 9.59 Å². The van der Waals surface area contributed by atoms with Crippen molar-refractivity contribution in [2.45, 2.75) is 13.0 Å². The molecule has 0 rings (SSSR count). The van der Waals surface area contributed by atoms with E-state index in [4.69, 9.17) is 0 Å². The lowest BCUT2D eigenvalue weighted by Gasteiger charge is -2.09. The fourth-order valence-electron chi connectivity index (χ4n) is 0.516. The molecule has 70 valence electrons. The molecule has 5 heteroatoms. The monoisotopic (exact) mass is 174 g/mol. The Morgan fingerprint density at radius 1 is 1.50 bits per heavy atom. The normalized spacial score (nSPS) is 11.9. The number of rotatable bonds is 4. The molecule has 0 aromatic rings. The van der Waals surface area contributed by atoms with E-state index in [1.54, 1.807) is 14.0 Å². The summed E-state index contributed by atoms with van der Waals surface area (Å²) in [5.41, 5.74) is 0. The molecule has 1 unspecified atom stereocenters. The number of likely N-dealkylation sites (N-methyl/N-ethyl adjacent to an activating group) is 1. The number of methoxy groups -OCH3 is 1. The molecule has 0 radical (unpaired) electrons. The average Bonchev–Trinajstić information content (AvgIpc) is 2.11. The molecular weight excluding hydrogens is 160 g/mol. The third-order valence-corrected chi connectivity index (χ3v) is 1.46. The molecule has 0 aromatic heterocycles. The standard InChI is InChI=1S/C7H14N2O3/c1-5(8-2)7(11)9-4-6(10)12-3/h5,8H,4H2,1-3H3,(H,9,11). The second kappa shape index (κ2) is 5.54. The number of hydrogen-bond acceptors (Lipinski definition) is 4. The van der Waals surface area contributed by atoms with Gasteiger partial charge < -0.3 is 15.4 Å². The Labute approximate surface area is 71.5 Å². The van der Waals surface area contributed by atoms with Gasteiger partial charge in [0.05, 0.1) is 13.2 Å². The van der Waals surface area contributed by atoms with Gasteiger partial charge in [0.25, 0.3) is 0 Å². The van der Waals surface area contributed by atoms with Crippen LogP contribution in [0.4, 0.5) is 0 Å². The summed E-state index contributed by atoms with van der Waals surface area (Å²) in [6, 6.07) is -0.297. The summed E-state index contributed by atoms with van der Waals surface area (Å²) in [6.07, 6.45) is 0. The molecule has 0 fully saturated rings. The molecule has 5 nitrogen and oxygen atoms in total. The summed E-state index contributed by atoms with van der Waals surface area (Å²) < 4.78 is 4.34. The van der Waals surface area contributed by atoms with E-state index in [0.29, 0.717) is 0 Å². The molecule has 0 saturated carbocycles. The van der Waals surface area contributed by atoms with Crippen LogP contribution in [-0.4, -0.2) is 38.6 Å². The van der Waals surface area contributed by atoms with Crippen molar-refractivity contribution >= 4 is 11.9 Å². The zero-order valence-corrected chi connectivity index (χ0v) is 7.51. The minimum Gasteiger partial charge on any atom is -0.468 e. The second-order valence-electron chi connectivity index (χ2n) is 2.30. The Kier molecular flexibility index (Phi) is 5.03. The molecule has 0 heterocycles. The first-order valence-corrected chi connectivity index (χ1v) is 3.63. The third-order valence-electron chi connectivity index (χ3n) is 1.46. The lowest BCUT2D eigenvalue weighted by molar-refractivity contribution is -0.141. The van der Waals surface area contributed by atoms with Crippen molar-refractivity contribution in [2.75, 3.05) is 20.7 Å². The van der Waals surface area contributed by atoms with Gasteiger partial charge in [-0.1, -0.05) is 0 Å². The summed E-state index contributed by atoms with van der Waals surface area (Å²) in [5.74, 6) is -0.672. The largest absolute Gasteiger partial charge is 0.468 e. The number of nitrogens with one attached hydrogen (secondary N) is 2. The molecule has 0 saturated heterocycles. The Bertz CT molecular complexity index is 170. The maximum absolute atomic E-state index is 11.0. The van der Waals surface area contributed by atoms with Gasteiger partial charge in [0, 0.05) is 0 Å². The summed E-state index contributed by atoms with van der Waals surface area (Å²) in [5, 5.41) is 5.15. The summed E-state index contributed by atoms with van der Waals surface area (Å²) >= 11 is 0. The third kappa shape index (κ3) is 3.92. The van der Waals surface area contributed by atoms with Gasteiger partial charge in [-0.05, 0) is 14.0 Å². The number of ether oxygens (including phenoxy) is 1. The predicted octanol–water partition coefficient (Wildman–Crippen LogP) is -1.12. The number of amides is 1. The van der Waals surface area contributed by atoms with Gasteiger partial charge in [0.2, 0.25) is 5.91 Å². The Morgan fingerprint density at radius 3 is 2.50 bits per heavy atom. The van der Waals surface area contributed by atoms with E-state index in [0.717, 1.165) is 0 Å². The highest BCUT2D eigenvalue weighted by Crippen LogP contribution is 1.79. The fraction of sp³-hybridized carbons (Fsp3) is 0.714. The number of hydrogen-bond donors (Lipinski definition) is 2. The lowest BCUT2D eigenvalue weighted by Crippen LogP contribution is -2.42. The molecule has 12 heavy (non-hydrogen) atoms. The molecule has 2 N–H and O–H groups in total. The van der Waals surface area contributed by atoms with Crippen LogP contribution in [-0.2, 0) is 14.3 Å². The van der Waals surface area contributed by atoms with Gasteiger partial charge in [0.1, 0.15) is 6.54 Å². The van der Waals surface area contributed by atoms with Crippen LogP contribution in [0.25, 0.3) is 0 Å². The summed E-state index contributed by atoms with van der Waals surface area (Å²) in [7, 11) is 2.94. The number of esters is 1. The van der Waals surface area contributed by atoms with Crippen LogP contribution < -0.4 is 10.6 Å². The Hall–Kier alpha value is -1.10. The van der Waals surface area contributed by atoms with Crippen molar-refractivity contribution in [1.29, 1.82) is 0 Å². The lowest BCUT2D eigenvalue weighted by atomic mass is 10.3. The molecule has 0 aliphatic rings. The van der Waals surface area contributed by atoms with Gasteiger partial charge in [-0.2, -0.15) is 0 Å². The highest BCUT2D eigenvalue weighted by atomic mass is 16.5. The SMILES string of the molecule is CNC(C)C(=O)NCC(=O)OC. The molecule has 0 aromatic carbocycles. The van der Waals surface area contributed by atoms with Crippen LogP contribution in [0.5, 0.6) is 0 Å². The molecular formula is C7H14N2O3. The Balaban J connectivity index is 3.64. The second-order valence-corrected chi connectivity index (χ2v) is 2.30. The highest BCUT2D eigenvalue weighted by molar-refractivity contribution is 5.85. The molecule has 0 aliphatic carbocycles. The van der Waals surface area contributed by atoms with E-state index in [-0.39, 0.29) is 18.5 Å². The zero-order valence-electron chi connectivity index (χ0n) is 7.51. The minimum absolute atomic E-state index is 0.0820. The van der Waals surface area contributed by atoms with Gasteiger partial charge in [0.15, 0.2) is 0 Å². The van der Waals surface area contributed by atoms with Crippen LogP contribution in [0, 0.1) is 0 Å². The van der Waals surface area contributed by atoms with Crippen LogP contribution in [0.15, 0.2) is 0 Å². The Morgan fingerprint density at radius 2 is 2.08 bits per heavy atom. The van der Waals surface area contributed by atoms with Crippen molar-refractivity contribution in [3.05, 3.63) is 0 Å². The number of carbonyl (C=O) groups is 2. The van der Waals surface area contributed by atoms with E-state index in [2.05, 4.69) is 15.4 Å². The van der Waals surface area contributed by atoms with Crippen molar-refractivity contribution in [2.24, 2.45) is 0 Å². The fourth-order valence-corrected chi connectivity index (χ4v) is 0.516. The van der Waals surface area contributed by atoms with Crippen LogP contribution in [0.3, 0.4) is 0 Å². The van der Waals surface area contributed by atoms with Crippen molar-refractivity contribution in [1.82, 2.24) is 10.6 Å². The topological polar surface area (TPSA) is 67.4 Å². The quantitative estimate of drug-likeness (QED) is 0.530. The molecule has 0 bridgehead atoms. The van der Waals surface area contributed by atoms with Gasteiger partial charge >= 0.3 is 5.97 Å². The van der Waals surface area contributed by atoms with Crippen LogP contribution in [0.2, 0.25) is 0 Å². The maximum Gasteiger partial charge on any atom is 0.325 e. The minimum atomic E-state index is -0.452. The van der Waals surface area contributed by atoms with Gasteiger partial charge in [-0.15, -0.1) is 0 Å². The summed E-state index contributed by atoms with van der Waals surface area (Å²) in [6.45, 7) is 1.62. The van der Waals surface area contributed by atoms with E-state index >= 15 is 0 Å². The van der Waals surface area contributed by atoms with E-state index in [9.17, 15) is 9.59 Å². The average molecular weight is 174 g/mol. The molecule has 0 aliphatic heterocycles. The van der Waals surface area contributed by atoms with Crippen LogP contribution >= 0.6 is 0 Å². The van der Waals surface area contributed by atoms with Crippen LogP contribution in [0.1, 0.15) is 6.92 Å². The van der Waals surface area contributed by atoms with E-state index in [1.165, 1.54) is 7.11 Å². The predicted molar refractivity (Wildman–Crippen MR) is 43.5 cm³/mol. The first-order valence-electron chi connectivity index (χ1n) is 3.63. The van der Waals surface area contributed by atoms with Crippen molar-refractivity contribution in [3.8, 4) is 0 Å². The van der Waals surface area contributed by atoms with Crippen molar-refractivity contribution < 1.29 is 14.3 Å². The van der Waals surface area contributed by atoms with Gasteiger partial charge in [-0.25, -0.2) is 0 Å². The highest BCUT2D eigenvalue weighted by Gasteiger charge is 2.10. The molecule has 1 amide bonds. The number of carbonyl (C=O) groups excluding carboxylic acids is 2. The maximum atomic E-state index is 11.0. The molecule has 1 atom stereocenters. The first kappa shape index (κ1) is 10.9. The summed E-state index contributed by atoms with van der Waals surface area (Å²) in [4.78, 5) is 21.6. The van der Waals surface area contributed by atoms with E-state index < -0.39 is 5.97 Å². The first-order chi connectivity index (χ1) is 5.61. The molecule has 0 spiro atoms. The van der Waals surface area contributed by atoms with Crippen molar-refractivity contribution in [3.63, 3.8) is 0 Å². The van der Waals surface area contributed by atoms with E-state index in [1.807, 2.05) is 0 Å².